The molecule has 0 bridgehead atoms. The van der Waals surface area contributed by atoms with E-state index >= 15 is 0 Å². The summed E-state index contributed by atoms with van der Waals surface area (Å²) >= 11 is 0. The summed E-state index contributed by atoms with van der Waals surface area (Å²) in [5.41, 5.74) is 0.916. The first-order valence-corrected chi connectivity index (χ1v) is 8.06. The summed E-state index contributed by atoms with van der Waals surface area (Å²) in [7, 11) is 0. The van der Waals surface area contributed by atoms with Crippen molar-refractivity contribution >= 4 is 5.97 Å². The minimum Gasteiger partial charge on any atom is -0.490 e. The Bertz CT molecular complexity index is 570. The second-order valence-corrected chi connectivity index (χ2v) is 5.94. The monoisotopic (exact) mass is 343 g/mol. The number of carbonyl (C=O) groups is 1. The molecule has 0 aromatic heterocycles. The summed E-state index contributed by atoms with van der Waals surface area (Å²) < 4.78 is 37.3. The quantitative estimate of drug-likeness (QED) is 0.824. The molecule has 1 atom stereocenters. The van der Waals surface area contributed by atoms with E-state index in [1.807, 2.05) is 11.8 Å². The van der Waals surface area contributed by atoms with Crippen molar-refractivity contribution in [2.75, 3.05) is 19.7 Å². The molecule has 2 rings (SSSR count). The van der Waals surface area contributed by atoms with E-state index in [2.05, 4.69) is 0 Å². The van der Waals surface area contributed by atoms with Crippen LogP contribution in [-0.4, -0.2) is 47.7 Å². The number of ether oxygens (including phenoxy) is 2. The molecular formula is C17H23F2NO4. The largest absolute Gasteiger partial charge is 0.490 e. The van der Waals surface area contributed by atoms with Crippen LogP contribution in [0.3, 0.4) is 0 Å². The van der Waals surface area contributed by atoms with E-state index in [-0.39, 0.29) is 12.8 Å². The minimum absolute atomic E-state index is 0.122. The number of halogens is 2. The van der Waals surface area contributed by atoms with Crippen LogP contribution in [0.1, 0.15) is 32.3 Å². The van der Waals surface area contributed by atoms with Crippen LogP contribution >= 0.6 is 0 Å². The SMILES string of the molecule is CCOc1cc(CN2CCC(F)(F)CC2)ccc1OC(C)C(=O)O. The van der Waals surface area contributed by atoms with Gasteiger partial charge in [-0.3, -0.25) is 4.90 Å². The molecule has 0 amide bonds. The van der Waals surface area contributed by atoms with Crippen molar-refractivity contribution in [2.45, 2.75) is 45.3 Å². The van der Waals surface area contributed by atoms with Crippen molar-refractivity contribution < 1.29 is 28.2 Å². The van der Waals surface area contributed by atoms with Gasteiger partial charge in [0.15, 0.2) is 17.6 Å². The lowest BCUT2D eigenvalue weighted by Crippen LogP contribution is -2.38. The third-order valence-electron chi connectivity index (χ3n) is 3.95. The Hall–Kier alpha value is -1.89. The lowest BCUT2D eigenvalue weighted by atomic mass is 10.1. The van der Waals surface area contributed by atoms with Gasteiger partial charge in [-0.15, -0.1) is 0 Å². The first kappa shape index (κ1) is 18.4. The molecule has 1 aliphatic heterocycles. The number of aliphatic carboxylic acids is 1. The van der Waals surface area contributed by atoms with E-state index in [1.54, 1.807) is 18.2 Å². The molecule has 24 heavy (non-hydrogen) atoms. The number of rotatable bonds is 7. The number of likely N-dealkylation sites (tertiary alicyclic amines) is 1. The van der Waals surface area contributed by atoms with Crippen LogP contribution < -0.4 is 9.47 Å². The summed E-state index contributed by atoms with van der Waals surface area (Å²) in [5.74, 6) is -2.79. The van der Waals surface area contributed by atoms with Gasteiger partial charge in [0.1, 0.15) is 0 Å². The van der Waals surface area contributed by atoms with Gasteiger partial charge >= 0.3 is 5.97 Å². The zero-order chi connectivity index (χ0) is 17.7. The fourth-order valence-corrected chi connectivity index (χ4v) is 2.55. The van der Waals surface area contributed by atoms with Crippen molar-refractivity contribution in [3.05, 3.63) is 23.8 Å². The van der Waals surface area contributed by atoms with Crippen LogP contribution in [-0.2, 0) is 11.3 Å². The van der Waals surface area contributed by atoms with Gasteiger partial charge < -0.3 is 14.6 Å². The molecule has 1 unspecified atom stereocenters. The van der Waals surface area contributed by atoms with Crippen LogP contribution in [0.2, 0.25) is 0 Å². The number of nitrogens with zero attached hydrogens (tertiary/aromatic N) is 1. The van der Waals surface area contributed by atoms with E-state index in [9.17, 15) is 13.6 Å². The Morgan fingerprint density at radius 2 is 2.00 bits per heavy atom. The molecule has 5 nitrogen and oxygen atoms in total. The summed E-state index contributed by atoms with van der Waals surface area (Å²) in [6, 6.07) is 5.25. The molecule has 0 radical (unpaired) electrons. The summed E-state index contributed by atoms with van der Waals surface area (Å²) in [5, 5.41) is 8.94. The second kappa shape index (κ2) is 7.79. The predicted octanol–water partition coefficient (Wildman–Crippen LogP) is 3.17. The van der Waals surface area contributed by atoms with Gasteiger partial charge in [0.25, 0.3) is 5.92 Å². The Labute approximate surface area is 140 Å². The molecule has 0 saturated carbocycles. The Morgan fingerprint density at radius 3 is 2.58 bits per heavy atom. The van der Waals surface area contributed by atoms with E-state index in [0.717, 1.165) is 5.56 Å². The number of alkyl halides is 2. The summed E-state index contributed by atoms with van der Waals surface area (Å²) in [6.07, 6.45) is -1.23. The van der Waals surface area contributed by atoms with Gasteiger partial charge in [0.2, 0.25) is 0 Å². The number of benzene rings is 1. The van der Waals surface area contributed by atoms with Gasteiger partial charge in [-0.2, -0.15) is 0 Å². The lowest BCUT2D eigenvalue weighted by Gasteiger charge is -2.31. The lowest BCUT2D eigenvalue weighted by molar-refractivity contribution is -0.144. The molecule has 134 valence electrons. The zero-order valence-corrected chi connectivity index (χ0v) is 13.9. The molecule has 7 heteroatoms. The highest BCUT2D eigenvalue weighted by molar-refractivity contribution is 5.72. The Morgan fingerprint density at radius 1 is 1.33 bits per heavy atom. The van der Waals surface area contributed by atoms with Gasteiger partial charge in [0.05, 0.1) is 6.61 Å². The third kappa shape index (κ3) is 5.06. The van der Waals surface area contributed by atoms with Gasteiger partial charge in [-0.1, -0.05) is 6.07 Å². The van der Waals surface area contributed by atoms with Gasteiger partial charge in [0, 0.05) is 32.5 Å². The van der Waals surface area contributed by atoms with Crippen LogP contribution in [0, 0.1) is 0 Å². The number of hydrogen-bond acceptors (Lipinski definition) is 4. The highest BCUT2D eigenvalue weighted by atomic mass is 19.3. The van der Waals surface area contributed by atoms with E-state index in [4.69, 9.17) is 14.6 Å². The molecule has 1 fully saturated rings. The number of carboxylic acid groups (broad SMARTS) is 1. The maximum atomic E-state index is 13.2. The van der Waals surface area contributed by atoms with Gasteiger partial charge in [-0.05, 0) is 31.5 Å². The van der Waals surface area contributed by atoms with Crippen molar-refractivity contribution in [1.82, 2.24) is 4.90 Å². The molecule has 1 saturated heterocycles. The standard InChI is InChI=1S/C17H23F2NO4/c1-3-23-15-10-13(4-5-14(15)24-12(2)16(21)22)11-20-8-6-17(18,19)7-9-20/h4-5,10,12H,3,6-9,11H2,1-2H3,(H,21,22). The van der Waals surface area contributed by atoms with E-state index in [0.29, 0.717) is 37.7 Å². The number of carboxylic acids is 1. The average molecular weight is 343 g/mol. The molecule has 1 aliphatic rings. The molecule has 1 aromatic rings. The number of hydrogen-bond donors (Lipinski definition) is 1. The van der Waals surface area contributed by atoms with Crippen molar-refractivity contribution in [3.63, 3.8) is 0 Å². The first-order chi connectivity index (χ1) is 11.3. The van der Waals surface area contributed by atoms with Crippen molar-refractivity contribution in [1.29, 1.82) is 0 Å². The maximum absolute atomic E-state index is 13.2. The van der Waals surface area contributed by atoms with Crippen LogP contribution in [0.25, 0.3) is 0 Å². The van der Waals surface area contributed by atoms with E-state index < -0.39 is 18.0 Å². The normalized spacial score (nSPS) is 18.8. The Kier molecular flexibility index (Phi) is 5.99. The van der Waals surface area contributed by atoms with Crippen LogP contribution in [0.15, 0.2) is 18.2 Å². The molecular weight excluding hydrogens is 320 g/mol. The van der Waals surface area contributed by atoms with Crippen molar-refractivity contribution in [3.8, 4) is 11.5 Å². The Balaban J connectivity index is 2.06. The van der Waals surface area contributed by atoms with E-state index in [1.165, 1.54) is 6.92 Å². The molecule has 0 spiro atoms. The smallest absolute Gasteiger partial charge is 0.344 e. The first-order valence-electron chi connectivity index (χ1n) is 8.06. The van der Waals surface area contributed by atoms with Gasteiger partial charge in [-0.25, -0.2) is 13.6 Å². The second-order valence-electron chi connectivity index (χ2n) is 5.94. The highest BCUT2D eigenvalue weighted by Gasteiger charge is 2.33. The van der Waals surface area contributed by atoms with Crippen LogP contribution in [0.5, 0.6) is 11.5 Å². The maximum Gasteiger partial charge on any atom is 0.344 e. The highest BCUT2D eigenvalue weighted by Crippen LogP contribution is 2.32. The predicted molar refractivity (Wildman–Crippen MR) is 84.8 cm³/mol. The topological polar surface area (TPSA) is 59.0 Å². The fourth-order valence-electron chi connectivity index (χ4n) is 2.55. The summed E-state index contributed by atoms with van der Waals surface area (Å²) in [4.78, 5) is 12.9. The van der Waals surface area contributed by atoms with Crippen molar-refractivity contribution in [2.24, 2.45) is 0 Å². The third-order valence-corrected chi connectivity index (χ3v) is 3.95. The zero-order valence-electron chi connectivity index (χ0n) is 13.9. The fraction of sp³-hybridized carbons (Fsp3) is 0.588. The molecule has 1 heterocycles. The molecule has 1 N–H and O–H groups in total. The molecule has 1 aromatic carbocycles. The van der Waals surface area contributed by atoms with Crippen LogP contribution in [0.4, 0.5) is 8.78 Å². The number of piperidine rings is 1. The average Bonchev–Trinajstić information content (AvgIpc) is 2.52. The molecule has 0 aliphatic carbocycles. The minimum atomic E-state index is -2.56. The summed E-state index contributed by atoms with van der Waals surface area (Å²) in [6.45, 7) is 4.93.